The van der Waals surface area contributed by atoms with Gasteiger partial charge in [-0.15, -0.1) is 11.3 Å². The van der Waals surface area contributed by atoms with Crippen LogP contribution in [0.5, 0.6) is 0 Å². The molecule has 2 aromatic rings. The normalized spacial score (nSPS) is 12.4. The van der Waals surface area contributed by atoms with Crippen molar-refractivity contribution in [1.29, 1.82) is 0 Å². The second-order valence-electron chi connectivity index (χ2n) is 3.48. The third kappa shape index (κ3) is 2.65. The van der Waals surface area contributed by atoms with E-state index in [0.29, 0.717) is 5.69 Å². The highest BCUT2D eigenvalue weighted by molar-refractivity contribution is 7.16. The van der Waals surface area contributed by atoms with Gasteiger partial charge in [0.2, 0.25) is 0 Å². The van der Waals surface area contributed by atoms with E-state index in [4.69, 9.17) is 17.3 Å². The van der Waals surface area contributed by atoms with Gasteiger partial charge in [-0.3, -0.25) is 0 Å². The number of aromatic nitrogens is 1. The number of anilines is 2. The summed E-state index contributed by atoms with van der Waals surface area (Å²) in [6, 6.07) is 7.79. The average molecular weight is 254 g/mol. The zero-order valence-corrected chi connectivity index (χ0v) is 10.3. The van der Waals surface area contributed by atoms with E-state index in [0.717, 1.165) is 10.2 Å². The largest absolute Gasteiger partial charge is 0.397 e. The minimum Gasteiger partial charge on any atom is -0.397 e. The predicted molar refractivity (Wildman–Crippen MR) is 70.0 cm³/mol. The minimum absolute atomic E-state index is 0.189. The first-order chi connectivity index (χ1) is 7.65. The van der Waals surface area contributed by atoms with Crippen LogP contribution in [-0.4, -0.2) is 4.98 Å². The molecule has 0 amide bonds. The number of halogens is 1. The van der Waals surface area contributed by atoms with Crippen molar-refractivity contribution in [1.82, 2.24) is 4.98 Å². The Kier molecular flexibility index (Phi) is 3.31. The Morgan fingerprint density at radius 2 is 2.19 bits per heavy atom. The molecule has 0 fully saturated rings. The summed E-state index contributed by atoms with van der Waals surface area (Å²) in [7, 11) is 0. The van der Waals surface area contributed by atoms with Gasteiger partial charge in [0.05, 0.1) is 22.3 Å². The molecule has 0 bridgehead atoms. The number of nitrogens with zero attached hydrogens (tertiary/aromatic N) is 1. The van der Waals surface area contributed by atoms with Gasteiger partial charge in [0.15, 0.2) is 0 Å². The van der Waals surface area contributed by atoms with Crippen molar-refractivity contribution in [2.75, 3.05) is 11.1 Å². The molecule has 0 spiro atoms. The van der Waals surface area contributed by atoms with Crippen LogP contribution in [0, 0.1) is 0 Å². The molecule has 2 aromatic heterocycles. The van der Waals surface area contributed by atoms with Gasteiger partial charge >= 0.3 is 0 Å². The number of hydrogen-bond donors (Lipinski definition) is 2. The van der Waals surface area contributed by atoms with Gasteiger partial charge in [-0.05, 0) is 31.2 Å². The number of rotatable bonds is 3. The first-order valence-corrected chi connectivity index (χ1v) is 6.08. The van der Waals surface area contributed by atoms with E-state index >= 15 is 0 Å². The second kappa shape index (κ2) is 4.72. The SMILES string of the molecule is CC(Nc1ccc(N)cn1)c1ccc(Cl)s1. The van der Waals surface area contributed by atoms with E-state index in [1.165, 1.54) is 4.88 Å². The van der Waals surface area contributed by atoms with Crippen LogP contribution < -0.4 is 11.1 Å². The average Bonchev–Trinajstić information content (AvgIpc) is 2.68. The number of nitrogen functional groups attached to an aromatic ring is 1. The lowest BCUT2D eigenvalue weighted by molar-refractivity contribution is 0.897. The van der Waals surface area contributed by atoms with Crippen molar-refractivity contribution in [3.8, 4) is 0 Å². The van der Waals surface area contributed by atoms with Crippen LogP contribution in [0.4, 0.5) is 11.5 Å². The summed E-state index contributed by atoms with van der Waals surface area (Å²) in [6.07, 6.45) is 1.64. The van der Waals surface area contributed by atoms with Gasteiger partial charge in [-0.1, -0.05) is 11.6 Å². The van der Waals surface area contributed by atoms with Crippen LogP contribution in [0.1, 0.15) is 17.8 Å². The zero-order valence-electron chi connectivity index (χ0n) is 8.77. The molecule has 3 nitrogen and oxygen atoms in total. The molecule has 0 aliphatic carbocycles. The molecule has 84 valence electrons. The lowest BCUT2D eigenvalue weighted by Gasteiger charge is -2.12. The quantitative estimate of drug-likeness (QED) is 0.880. The standard InChI is InChI=1S/C11H12ClN3S/c1-7(9-3-4-10(12)16-9)15-11-5-2-8(13)6-14-11/h2-7H,13H2,1H3,(H,14,15). The summed E-state index contributed by atoms with van der Waals surface area (Å²) in [5.74, 6) is 0.811. The number of thiophene rings is 1. The van der Waals surface area contributed by atoms with Crippen molar-refractivity contribution < 1.29 is 0 Å². The number of pyridine rings is 1. The Balaban J connectivity index is 2.07. The fourth-order valence-corrected chi connectivity index (χ4v) is 2.41. The van der Waals surface area contributed by atoms with Crippen LogP contribution in [-0.2, 0) is 0 Å². The van der Waals surface area contributed by atoms with Crippen LogP contribution in [0.15, 0.2) is 30.5 Å². The van der Waals surface area contributed by atoms with E-state index in [1.54, 1.807) is 17.5 Å². The molecule has 0 radical (unpaired) electrons. The highest BCUT2D eigenvalue weighted by atomic mass is 35.5. The van der Waals surface area contributed by atoms with Gasteiger partial charge in [0, 0.05) is 4.88 Å². The Morgan fingerprint density at radius 3 is 2.75 bits per heavy atom. The third-order valence-corrected chi connectivity index (χ3v) is 3.59. The van der Waals surface area contributed by atoms with Crippen molar-refractivity contribution in [2.45, 2.75) is 13.0 Å². The summed E-state index contributed by atoms with van der Waals surface area (Å²) >= 11 is 7.46. The van der Waals surface area contributed by atoms with E-state index in [9.17, 15) is 0 Å². The van der Waals surface area contributed by atoms with E-state index in [2.05, 4.69) is 17.2 Å². The van der Waals surface area contributed by atoms with Gasteiger partial charge in [-0.25, -0.2) is 4.98 Å². The van der Waals surface area contributed by atoms with Crippen molar-refractivity contribution in [3.05, 3.63) is 39.7 Å². The van der Waals surface area contributed by atoms with Crippen molar-refractivity contribution in [2.24, 2.45) is 0 Å². The lowest BCUT2D eigenvalue weighted by Crippen LogP contribution is -2.06. The summed E-state index contributed by atoms with van der Waals surface area (Å²) in [4.78, 5) is 5.37. The minimum atomic E-state index is 0.189. The van der Waals surface area contributed by atoms with Gasteiger partial charge in [0.1, 0.15) is 5.82 Å². The molecule has 0 saturated carbocycles. The Morgan fingerprint density at radius 1 is 1.38 bits per heavy atom. The fourth-order valence-electron chi connectivity index (χ4n) is 1.34. The van der Waals surface area contributed by atoms with Crippen LogP contribution in [0.25, 0.3) is 0 Å². The molecular weight excluding hydrogens is 242 g/mol. The van der Waals surface area contributed by atoms with Gasteiger partial charge in [-0.2, -0.15) is 0 Å². The molecule has 0 aliphatic rings. The fraction of sp³-hybridized carbons (Fsp3) is 0.182. The molecule has 3 N–H and O–H groups in total. The number of nitrogens with one attached hydrogen (secondary N) is 1. The Labute approximate surface area is 103 Å². The second-order valence-corrected chi connectivity index (χ2v) is 5.23. The summed E-state index contributed by atoms with van der Waals surface area (Å²) in [6.45, 7) is 2.07. The van der Waals surface area contributed by atoms with E-state index in [1.807, 2.05) is 24.3 Å². The maximum atomic E-state index is 5.89. The van der Waals surface area contributed by atoms with Crippen LogP contribution in [0.3, 0.4) is 0 Å². The van der Waals surface area contributed by atoms with Crippen molar-refractivity contribution >= 4 is 34.4 Å². The molecule has 0 aromatic carbocycles. The molecule has 16 heavy (non-hydrogen) atoms. The molecule has 5 heteroatoms. The maximum Gasteiger partial charge on any atom is 0.126 e. The van der Waals surface area contributed by atoms with E-state index in [-0.39, 0.29) is 6.04 Å². The zero-order chi connectivity index (χ0) is 11.5. The number of hydrogen-bond acceptors (Lipinski definition) is 4. The molecule has 1 unspecified atom stereocenters. The topological polar surface area (TPSA) is 50.9 Å². The number of nitrogens with two attached hydrogens (primary N) is 1. The molecule has 2 rings (SSSR count). The monoisotopic (exact) mass is 253 g/mol. The summed E-state index contributed by atoms with van der Waals surface area (Å²) < 4.78 is 0.800. The highest BCUT2D eigenvalue weighted by Gasteiger charge is 2.08. The molecule has 1 atom stereocenters. The first-order valence-electron chi connectivity index (χ1n) is 4.88. The molecule has 0 saturated heterocycles. The maximum absolute atomic E-state index is 5.89. The molecule has 2 heterocycles. The molecular formula is C11H12ClN3S. The lowest BCUT2D eigenvalue weighted by atomic mass is 10.2. The van der Waals surface area contributed by atoms with Gasteiger partial charge in [0.25, 0.3) is 0 Å². The summed E-state index contributed by atoms with van der Waals surface area (Å²) in [5.41, 5.74) is 6.23. The predicted octanol–water partition coefficient (Wildman–Crippen LogP) is 3.55. The van der Waals surface area contributed by atoms with Crippen LogP contribution >= 0.6 is 22.9 Å². The Hall–Kier alpha value is -1.26. The van der Waals surface area contributed by atoms with Gasteiger partial charge < -0.3 is 11.1 Å². The third-order valence-electron chi connectivity index (χ3n) is 2.17. The van der Waals surface area contributed by atoms with E-state index < -0.39 is 0 Å². The Bertz CT molecular complexity index is 466. The smallest absolute Gasteiger partial charge is 0.126 e. The first kappa shape index (κ1) is 11.2. The molecule has 0 aliphatic heterocycles. The highest BCUT2D eigenvalue weighted by Crippen LogP contribution is 2.28. The summed E-state index contributed by atoms with van der Waals surface area (Å²) in [5, 5.41) is 3.28. The van der Waals surface area contributed by atoms with Crippen LogP contribution in [0.2, 0.25) is 4.34 Å². The van der Waals surface area contributed by atoms with Crippen molar-refractivity contribution in [3.63, 3.8) is 0 Å².